The van der Waals surface area contributed by atoms with Gasteiger partial charge in [-0.25, -0.2) is 13.1 Å². The van der Waals surface area contributed by atoms with Crippen molar-refractivity contribution in [2.75, 3.05) is 0 Å². The van der Waals surface area contributed by atoms with Crippen LogP contribution in [0.4, 0.5) is 0 Å². The van der Waals surface area contributed by atoms with Crippen molar-refractivity contribution in [2.45, 2.75) is 30.7 Å². The van der Waals surface area contributed by atoms with Gasteiger partial charge in [0.15, 0.2) is 5.84 Å². The molecule has 1 rings (SSSR count). The van der Waals surface area contributed by atoms with E-state index in [4.69, 9.17) is 10.9 Å². The fraction of sp³-hybridized carbons (Fsp3) is 0.400. The van der Waals surface area contributed by atoms with E-state index >= 15 is 0 Å². The van der Waals surface area contributed by atoms with Crippen LogP contribution in [0.5, 0.6) is 0 Å². The third-order valence-electron chi connectivity index (χ3n) is 2.34. The van der Waals surface area contributed by atoms with Crippen molar-refractivity contribution in [3.05, 3.63) is 22.9 Å². The molecule has 1 aromatic rings. The molecule has 106 valence electrons. The second kappa shape index (κ2) is 6.83. The van der Waals surface area contributed by atoms with Gasteiger partial charge in [0.25, 0.3) is 0 Å². The van der Waals surface area contributed by atoms with E-state index in [2.05, 4.69) is 30.8 Å². The van der Waals surface area contributed by atoms with E-state index in [0.29, 0.717) is 17.3 Å². The highest BCUT2D eigenvalue weighted by molar-refractivity contribution is 9.10. The monoisotopic (exact) mass is 350 g/mol. The second-order valence-corrected chi connectivity index (χ2v) is 6.46. The summed E-state index contributed by atoms with van der Waals surface area (Å²) in [6.45, 7) is 1.87. The van der Waals surface area contributed by atoms with Crippen LogP contribution in [0, 0.1) is 0 Å². The average molecular weight is 351 g/mol. The van der Waals surface area contributed by atoms with Gasteiger partial charge in [-0.2, -0.15) is 0 Å². The highest BCUT2D eigenvalue weighted by Gasteiger charge is 2.23. The van der Waals surface area contributed by atoms with Crippen LogP contribution in [0.1, 0.15) is 19.8 Å². The average Bonchev–Trinajstić information content (AvgIpc) is 2.37. The topological polar surface area (TPSA) is 118 Å². The van der Waals surface area contributed by atoms with Gasteiger partial charge in [0.05, 0.1) is 6.04 Å². The first-order valence-corrected chi connectivity index (χ1v) is 7.78. The second-order valence-electron chi connectivity index (χ2n) is 3.83. The van der Waals surface area contributed by atoms with Crippen molar-refractivity contribution < 1.29 is 13.6 Å². The number of amidine groups is 1. The van der Waals surface area contributed by atoms with Gasteiger partial charge in [-0.05, 0) is 28.4 Å². The van der Waals surface area contributed by atoms with Crippen molar-refractivity contribution in [3.63, 3.8) is 0 Å². The molecule has 0 aromatic carbocycles. The fourth-order valence-electron chi connectivity index (χ4n) is 1.42. The van der Waals surface area contributed by atoms with Crippen molar-refractivity contribution in [1.29, 1.82) is 0 Å². The van der Waals surface area contributed by atoms with E-state index in [-0.39, 0.29) is 10.7 Å². The minimum absolute atomic E-state index is 0.00807. The SMILES string of the molecule is CCCC(NS(=O)(=O)c1cncc(Br)c1)C(N)=NO. The van der Waals surface area contributed by atoms with Crippen molar-refractivity contribution >= 4 is 31.8 Å². The Balaban J connectivity index is 3.00. The van der Waals surface area contributed by atoms with Crippen molar-refractivity contribution in [2.24, 2.45) is 10.9 Å². The van der Waals surface area contributed by atoms with Gasteiger partial charge < -0.3 is 10.9 Å². The number of hydrogen-bond donors (Lipinski definition) is 3. The number of nitrogens with two attached hydrogens (primary N) is 1. The summed E-state index contributed by atoms with van der Waals surface area (Å²) in [5, 5.41) is 11.5. The van der Waals surface area contributed by atoms with Crippen LogP contribution in [0.3, 0.4) is 0 Å². The number of nitrogens with one attached hydrogen (secondary N) is 1. The summed E-state index contributed by atoms with van der Waals surface area (Å²) in [4.78, 5) is 3.80. The first-order valence-electron chi connectivity index (χ1n) is 5.51. The molecule has 19 heavy (non-hydrogen) atoms. The van der Waals surface area contributed by atoms with Crippen LogP contribution >= 0.6 is 15.9 Å². The minimum atomic E-state index is -3.77. The predicted octanol–water partition coefficient (Wildman–Crippen LogP) is 1.04. The summed E-state index contributed by atoms with van der Waals surface area (Å²) in [6.07, 6.45) is 3.81. The van der Waals surface area contributed by atoms with Gasteiger partial charge in [0.2, 0.25) is 10.0 Å². The molecule has 0 aliphatic carbocycles. The highest BCUT2D eigenvalue weighted by Crippen LogP contribution is 2.15. The van der Waals surface area contributed by atoms with E-state index in [1.165, 1.54) is 18.5 Å². The quantitative estimate of drug-likeness (QED) is 0.306. The zero-order valence-electron chi connectivity index (χ0n) is 10.2. The van der Waals surface area contributed by atoms with E-state index in [9.17, 15) is 8.42 Å². The largest absolute Gasteiger partial charge is 0.409 e. The van der Waals surface area contributed by atoms with Gasteiger partial charge in [0, 0.05) is 16.9 Å². The third-order valence-corrected chi connectivity index (χ3v) is 4.21. The zero-order chi connectivity index (χ0) is 14.5. The van der Waals surface area contributed by atoms with E-state index < -0.39 is 16.1 Å². The Morgan fingerprint density at radius 3 is 2.84 bits per heavy atom. The van der Waals surface area contributed by atoms with Gasteiger partial charge in [-0.1, -0.05) is 18.5 Å². The summed E-state index contributed by atoms with van der Waals surface area (Å²) in [5.74, 6) is -0.173. The number of nitrogens with zero attached hydrogens (tertiary/aromatic N) is 2. The predicted molar refractivity (Wildman–Crippen MR) is 74.4 cm³/mol. The highest BCUT2D eigenvalue weighted by atomic mass is 79.9. The molecular formula is C10H15BrN4O3S. The maximum Gasteiger partial charge on any atom is 0.242 e. The lowest BCUT2D eigenvalue weighted by Crippen LogP contribution is -2.44. The van der Waals surface area contributed by atoms with Crippen molar-refractivity contribution in [3.8, 4) is 0 Å². The maximum atomic E-state index is 12.1. The maximum absolute atomic E-state index is 12.1. The summed E-state index contributed by atoms with van der Waals surface area (Å²) in [7, 11) is -3.77. The van der Waals surface area contributed by atoms with Gasteiger partial charge in [-0.15, -0.1) is 0 Å². The first-order chi connectivity index (χ1) is 8.90. The van der Waals surface area contributed by atoms with E-state index in [0.717, 1.165) is 0 Å². The molecular weight excluding hydrogens is 336 g/mol. The lowest BCUT2D eigenvalue weighted by Gasteiger charge is -2.16. The molecule has 4 N–H and O–H groups in total. The molecule has 0 amide bonds. The van der Waals surface area contributed by atoms with Crippen LogP contribution in [0.2, 0.25) is 0 Å². The zero-order valence-corrected chi connectivity index (χ0v) is 12.6. The van der Waals surface area contributed by atoms with Crippen LogP contribution in [-0.4, -0.2) is 30.5 Å². The van der Waals surface area contributed by atoms with Crippen LogP contribution in [-0.2, 0) is 10.0 Å². The van der Waals surface area contributed by atoms with Gasteiger partial charge in [-0.3, -0.25) is 4.98 Å². The molecule has 1 atom stereocenters. The number of sulfonamides is 1. The Bertz CT molecular complexity index is 562. The standard InChI is InChI=1S/C10H15BrN4O3S/c1-2-3-9(10(12)14-16)15-19(17,18)8-4-7(11)5-13-6-8/h4-6,9,15-16H,2-3H2,1H3,(H2,12,14). The number of hydrogen-bond acceptors (Lipinski definition) is 5. The molecule has 0 aliphatic rings. The molecule has 0 radical (unpaired) electrons. The van der Waals surface area contributed by atoms with Gasteiger partial charge >= 0.3 is 0 Å². The molecule has 1 heterocycles. The van der Waals surface area contributed by atoms with E-state index in [1.807, 2.05) is 6.92 Å². The molecule has 7 nitrogen and oxygen atoms in total. The van der Waals surface area contributed by atoms with Crippen LogP contribution in [0.15, 0.2) is 33.0 Å². The molecule has 0 fully saturated rings. The van der Waals surface area contributed by atoms with Gasteiger partial charge in [0.1, 0.15) is 4.90 Å². The Labute approximate surface area is 120 Å². The Morgan fingerprint density at radius 2 is 2.32 bits per heavy atom. The summed E-state index contributed by atoms with van der Waals surface area (Å²) >= 11 is 3.15. The first kappa shape index (κ1) is 15.9. The minimum Gasteiger partial charge on any atom is -0.409 e. The smallest absolute Gasteiger partial charge is 0.242 e. The number of aromatic nitrogens is 1. The number of rotatable bonds is 6. The molecule has 0 aliphatic heterocycles. The lowest BCUT2D eigenvalue weighted by molar-refractivity contribution is 0.315. The third kappa shape index (κ3) is 4.44. The molecule has 0 bridgehead atoms. The summed E-state index contributed by atoms with van der Waals surface area (Å²) in [5.41, 5.74) is 5.47. The molecule has 1 aromatic heterocycles. The van der Waals surface area contributed by atoms with Crippen molar-refractivity contribution in [1.82, 2.24) is 9.71 Å². The number of halogens is 1. The van der Waals surface area contributed by atoms with Crippen LogP contribution in [0.25, 0.3) is 0 Å². The number of oxime groups is 1. The summed E-state index contributed by atoms with van der Waals surface area (Å²) in [6, 6.07) is 0.670. The normalized spacial score (nSPS) is 14.3. The Morgan fingerprint density at radius 1 is 1.63 bits per heavy atom. The molecule has 0 saturated heterocycles. The fourth-order valence-corrected chi connectivity index (χ4v) is 3.17. The molecule has 0 saturated carbocycles. The molecule has 1 unspecified atom stereocenters. The summed E-state index contributed by atoms with van der Waals surface area (Å²) < 4.78 is 27.2. The molecule has 0 spiro atoms. The Kier molecular flexibility index (Phi) is 5.70. The Hall–Kier alpha value is -1.19. The number of pyridine rings is 1. The van der Waals surface area contributed by atoms with E-state index in [1.54, 1.807) is 0 Å². The lowest BCUT2D eigenvalue weighted by atomic mass is 10.2. The molecule has 9 heteroatoms. The van der Waals surface area contributed by atoms with Crippen LogP contribution < -0.4 is 10.5 Å².